The smallest absolute Gasteiger partial charge is 0.255 e. The second-order valence-corrected chi connectivity index (χ2v) is 16.0. The number of hydrogen-bond donors (Lipinski definition) is 1. The largest absolute Gasteiger partial charge is 0.339 e. The fourth-order valence-corrected chi connectivity index (χ4v) is 10.1. The number of likely N-dealkylation sites (tertiary alicyclic amines) is 1. The minimum atomic E-state index is -4.15. The molecule has 0 aliphatic carbocycles. The number of aromatic nitrogens is 2. The molecule has 3 aromatic carbocycles. The molecule has 260 valence electrons. The van der Waals surface area contributed by atoms with Crippen molar-refractivity contribution in [2.45, 2.75) is 87.2 Å². The van der Waals surface area contributed by atoms with E-state index in [0.29, 0.717) is 44.1 Å². The van der Waals surface area contributed by atoms with Crippen LogP contribution in [-0.4, -0.2) is 71.9 Å². The second kappa shape index (κ2) is 13.4. The molecule has 3 atom stereocenters. The number of sulfonamides is 1. The number of piperidine rings is 2. The van der Waals surface area contributed by atoms with Crippen molar-refractivity contribution < 1.29 is 22.0 Å². The second-order valence-electron chi connectivity index (χ2n) is 13.9. The van der Waals surface area contributed by atoms with E-state index in [0.717, 1.165) is 67.7 Å². The number of hydrogen-bond acceptors (Lipinski definition) is 5. The summed E-state index contributed by atoms with van der Waals surface area (Å²) in [7, 11) is -4.15. The molecule has 7 rings (SSSR count). The standard InChI is InChI=1S/C37H42ClF2N5O3S/c1-3-41-49(47,48)35-22-30(31(38)23-32(35)40)36(46)43-16-13-37(14-17-43,25-7-6-8-26(39)19-25)15-18-44-27-11-12-28(44)21-29(20-27)45-24(2)42-33-9-4-5-10-34(33)45/h4-10,19,22-23,27-29,41H,3,11-18,20-21H2,1-2H3/t27-,28+,29?. The molecule has 1 unspecified atom stereocenters. The van der Waals surface area contributed by atoms with Gasteiger partial charge in [0.05, 0.1) is 21.6 Å². The summed E-state index contributed by atoms with van der Waals surface area (Å²) >= 11 is 6.31. The van der Waals surface area contributed by atoms with Gasteiger partial charge in [-0.25, -0.2) is 26.9 Å². The molecular weight excluding hydrogens is 668 g/mol. The molecule has 2 bridgehead atoms. The number of carbonyl (C=O) groups is 1. The number of fused-ring (bicyclic) bond motifs is 3. The predicted molar refractivity (Wildman–Crippen MR) is 186 cm³/mol. The van der Waals surface area contributed by atoms with E-state index in [9.17, 15) is 22.0 Å². The number of halogens is 3. The lowest BCUT2D eigenvalue weighted by molar-refractivity contribution is 0.0606. The van der Waals surface area contributed by atoms with Crippen LogP contribution in [-0.2, 0) is 15.4 Å². The molecule has 0 saturated carbocycles. The summed E-state index contributed by atoms with van der Waals surface area (Å²) in [6.07, 6.45) is 6.49. The SMILES string of the molecule is CCNS(=O)(=O)c1cc(C(=O)N2CCC(CCN3[C@@H]4CC[C@H]3CC(n3c(C)nc5ccccc53)C4)(c3cccc(F)c3)CC2)c(Cl)cc1F. The van der Waals surface area contributed by atoms with Gasteiger partial charge in [0.1, 0.15) is 22.4 Å². The highest BCUT2D eigenvalue weighted by molar-refractivity contribution is 7.89. The highest BCUT2D eigenvalue weighted by Gasteiger charge is 2.44. The van der Waals surface area contributed by atoms with Crippen molar-refractivity contribution in [2.24, 2.45) is 0 Å². The van der Waals surface area contributed by atoms with Crippen LogP contribution in [0.5, 0.6) is 0 Å². The normalized spacial score (nSPS) is 22.6. The molecule has 1 N–H and O–H groups in total. The molecule has 12 heteroatoms. The van der Waals surface area contributed by atoms with Crippen LogP contribution >= 0.6 is 11.6 Å². The van der Waals surface area contributed by atoms with Crippen molar-refractivity contribution in [3.63, 3.8) is 0 Å². The summed E-state index contributed by atoms with van der Waals surface area (Å²) in [5, 5.41) is -0.141. The zero-order valence-corrected chi connectivity index (χ0v) is 29.4. The lowest BCUT2D eigenvalue weighted by Crippen LogP contribution is -2.49. The van der Waals surface area contributed by atoms with E-state index >= 15 is 0 Å². The molecule has 49 heavy (non-hydrogen) atoms. The summed E-state index contributed by atoms with van der Waals surface area (Å²) in [5.74, 6) is -0.694. The number of nitrogens with zero attached hydrogens (tertiary/aromatic N) is 4. The van der Waals surface area contributed by atoms with Crippen LogP contribution in [0.25, 0.3) is 11.0 Å². The van der Waals surface area contributed by atoms with Crippen LogP contribution < -0.4 is 4.72 Å². The average Bonchev–Trinajstić information content (AvgIpc) is 3.53. The number of carbonyl (C=O) groups excluding carboxylic acids is 1. The lowest BCUT2D eigenvalue weighted by atomic mass is 9.70. The van der Waals surface area contributed by atoms with E-state index in [4.69, 9.17) is 16.6 Å². The first-order chi connectivity index (χ1) is 23.5. The third-order valence-electron chi connectivity index (χ3n) is 11.2. The van der Waals surface area contributed by atoms with Crippen molar-refractivity contribution >= 4 is 38.6 Å². The average molecular weight is 710 g/mol. The van der Waals surface area contributed by atoms with Crippen LogP contribution in [0.15, 0.2) is 65.6 Å². The molecule has 3 fully saturated rings. The van der Waals surface area contributed by atoms with Crippen molar-refractivity contribution in [1.29, 1.82) is 0 Å². The van der Waals surface area contributed by atoms with Gasteiger partial charge in [-0.2, -0.15) is 0 Å². The number of para-hydroxylation sites is 2. The maximum atomic E-state index is 14.7. The van der Waals surface area contributed by atoms with Crippen LogP contribution in [0.2, 0.25) is 5.02 Å². The van der Waals surface area contributed by atoms with Gasteiger partial charge in [-0.15, -0.1) is 0 Å². The lowest BCUT2D eigenvalue weighted by Gasteiger charge is -2.45. The fraction of sp³-hybridized carbons (Fsp3) is 0.459. The molecule has 8 nitrogen and oxygen atoms in total. The van der Waals surface area contributed by atoms with Crippen LogP contribution in [0.1, 0.15) is 79.7 Å². The fourth-order valence-electron chi connectivity index (χ4n) is 8.77. The van der Waals surface area contributed by atoms with E-state index in [2.05, 4.69) is 39.3 Å². The molecule has 3 saturated heterocycles. The molecule has 4 heterocycles. The van der Waals surface area contributed by atoms with Gasteiger partial charge >= 0.3 is 0 Å². The topological polar surface area (TPSA) is 87.5 Å². The predicted octanol–water partition coefficient (Wildman–Crippen LogP) is 7.01. The Bertz CT molecular complexity index is 1980. The maximum Gasteiger partial charge on any atom is 0.255 e. The minimum absolute atomic E-state index is 0.0573. The summed E-state index contributed by atoms with van der Waals surface area (Å²) in [5.41, 5.74) is 2.76. The van der Waals surface area contributed by atoms with E-state index in [1.165, 1.54) is 11.6 Å². The summed E-state index contributed by atoms with van der Waals surface area (Å²) < 4.78 is 59.3. The van der Waals surface area contributed by atoms with Gasteiger partial charge in [0.2, 0.25) is 10.0 Å². The summed E-state index contributed by atoms with van der Waals surface area (Å²) in [4.78, 5) is 22.3. The van der Waals surface area contributed by atoms with Crippen LogP contribution in [0.3, 0.4) is 0 Å². The van der Waals surface area contributed by atoms with Gasteiger partial charge in [0.25, 0.3) is 5.91 Å². The van der Waals surface area contributed by atoms with Crippen molar-refractivity contribution in [3.8, 4) is 0 Å². The Morgan fingerprint density at radius 1 is 1.00 bits per heavy atom. The molecule has 1 amide bonds. The molecule has 1 aromatic heterocycles. The van der Waals surface area contributed by atoms with Crippen LogP contribution in [0.4, 0.5) is 8.78 Å². The van der Waals surface area contributed by atoms with Gasteiger partial charge in [0.15, 0.2) is 0 Å². The third kappa shape index (κ3) is 6.39. The van der Waals surface area contributed by atoms with Crippen molar-refractivity contribution in [2.75, 3.05) is 26.2 Å². The van der Waals surface area contributed by atoms with Crippen LogP contribution in [0, 0.1) is 18.6 Å². The monoisotopic (exact) mass is 709 g/mol. The Morgan fingerprint density at radius 3 is 2.41 bits per heavy atom. The molecule has 3 aliphatic heterocycles. The summed E-state index contributed by atoms with van der Waals surface area (Å²) in [6.45, 7) is 5.39. The Kier molecular flexibility index (Phi) is 9.32. The van der Waals surface area contributed by atoms with Crippen molar-refractivity contribution in [3.05, 3.63) is 94.3 Å². The first kappa shape index (κ1) is 34.1. The third-order valence-corrected chi connectivity index (χ3v) is 13.0. The highest BCUT2D eigenvalue weighted by atomic mass is 35.5. The number of benzene rings is 3. The molecule has 3 aliphatic rings. The quantitative estimate of drug-likeness (QED) is 0.202. The minimum Gasteiger partial charge on any atom is -0.339 e. The van der Waals surface area contributed by atoms with Gasteiger partial charge in [-0.05, 0) is 106 Å². The maximum absolute atomic E-state index is 14.7. The van der Waals surface area contributed by atoms with Gasteiger partial charge < -0.3 is 9.47 Å². The Hall–Kier alpha value is -3.38. The van der Waals surface area contributed by atoms with Crippen molar-refractivity contribution in [1.82, 2.24) is 24.1 Å². The molecule has 0 radical (unpaired) electrons. The molecular formula is C37H42ClF2N5O3S. The first-order valence-electron chi connectivity index (χ1n) is 17.2. The Morgan fingerprint density at radius 2 is 1.71 bits per heavy atom. The zero-order valence-electron chi connectivity index (χ0n) is 27.8. The Labute approximate surface area is 291 Å². The first-order valence-corrected chi connectivity index (χ1v) is 19.1. The Balaban J connectivity index is 1.09. The number of rotatable bonds is 9. The van der Waals surface area contributed by atoms with E-state index in [1.807, 2.05) is 12.1 Å². The van der Waals surface area contributed by atoms with E-state index in [1.54, 1.807) is 24.0 Å². The summed E-state index contributed by atoms with van der Waals surface area (Å²) in [6, 6.07) is 18.4. The number of nitrogens with one attached hydrogen (secondary N) is 1. The van der Waals surface area contributed by atoms with E-state index < -0.39 is 26.6 Å². The number of amides is 1. The van der Waals surface area contributed by atoms with Gasteiger partial charge in [-0.3, -0.25) is 9.69 Å². The highest BCUT2D eigenvalue weighted by Crippen LogP contribution is 2.45. The molecule has 4 aromatic rings. The van der Waals surface area contributed by atoms with Gasteiger partial charge in [0, 0.05) is 37.8 Å². The number of imidazole rings is 1. The number of aryl methyl sites for hydroxylation is 1. The zero-order chi connectivity index (χ0) is 34.5. The van der Waals surface area contributed by atoms with E-state index in [-0.39, 0.29) is 28.4 Å². The molecule has 0 spiro atoms. The van der Waals surface area contributed by atoms with Gasteiger partial charge in [-0.1, -0.05) is 42.8 Å².